The van der Waals surface area contributed by atoms with E-state index in [-0.39, 0.29) is 6.04 Å². The molecule has 5 rings (SSSR count). The van der Waals surface area contributed by atoms with E-state index in [9.17, 15) is 0 Å². The molecule has 0 radical (unpaired) electrons. The summed E-state index contributed by atoms with van der Waals surface area (Å²) in [5.74, 6) is 2.79. The first kappa shape index (κ1) is 22.1. The Kier molecular flexibility index (Phi) is 6.01. The van der Waals surface area contributed by atoms with Crippen molar-refractivity contribution in [1.82, 2.24) is 0 Å². The van der Waals surface area contributed by atoms with Crippen LogP contribution < -0.4 is 19.5 Å². The first-order valence-electron chi connectivity index (χ1n) is 11.6. The van der Waals surface area contributed by atoms with Crippen molar-refractivity contribution in [1.29, 1.82) is 0 Å². The zero-order chi connectivity index (χ0) is 23.7. The Labute approximate surface area is 201 Å². The van der Waals surface area contributed by atoms with Crippen molar-refractivity contribution in [2.24, 2.45) is 10.9 Å². The van der Waals surface area contributed by atoms with Gasteiger partial charge in [0.15, 0.2) is 11.5 Å². The lowest BCUT2D eigenvalue weighted by atomic mass is 9.76. The summed E-state index contributed by atoms with van der Waals surface area (Å²) in [6, 6.07) is 19.3. The average Bonchev–Trinajstić information content (AvgIpc) is 3.37. The Morgan fingerprint density at radius 2 is 1.65 bits per heavy atom. The summed E-state index contributed by atoms with van der Waals surface area (Å²) in [7, 11) is 4.82. The van der Waals surface area contributed by atoms with E-state index >= 15 is 0 Å². The Hall–Kier alpha value is -3.73. The predicted molar refractivity (Wildman–Crippen MR) is 137 cm³/mol. The third-order valence-electron chi connectivity index (χ3n) is 6.82. The monoisotopic (exact) mass is 454 g/mol. The van der Waals surface area contributed by atoms with Gasteiger partial charge in [-0.1, -0.05) is 42.0 Å². The van der Waals surface area contributed by atoms with E-state index in [2.05, 4.69) is 71.8 Å². The van der Waals surface area contributed by atoms with Crippen molar-refractivity contribution in [3.05, 3.63) is 89.0 Å². The second-order valence-electron chi connectivity index (χ2n) is 8.87. The summed E-state index contributed by atoms with van der Waals surface area (Å²) in [6.45, 7) is 2.16. The molecule has 0 fully saturated rings. The SMILES string of the molecule is COc1cc(C=Nc2ccc([C@@H]3Nc4ccc(C)cc4[C@@H]4C=CC[C@@H]43)cc2)cc(OC)c1OC. The van der Waals surface area contributed by atoms with Gasteiger partial charge in [-0.15, -0.1) is 0 Å². The lowest BCUT2D eigenvalue weighted by molar-refractivity contribution is 0.324. The summed E-state index contributed by atoms with van der Waals surface area (Å²) in [4.78, 5) is 4.67. The highest BCUT2D eigenvalue weighted by Gasteiger charge is 2.37. The van der Waals surface area contributed by atoms with Gasteiger partial charge in [0.2, 0.25) is 5.75 Å². The summed E-state index contributed by atoms with van der Waals surface area (Å²) in [5, 5.41) is 3.81. The van der Waals surface area contributed by atoms with Gasteiger partial charge in [-0.25, -0.2) is 0 Å². The van der Waals surface area contributed by atoms with Crippen LogP contribution in [0.25, 0.3) is 0 Å². The number of hydrogen-bond donors (Lipinski definition) is 1. The van der Waals surface area contributed by atoms with Crippen LogP contribution in [0.4, 0.5) is 11.4 Å². The second kappa shape index (κ2) is 9.26. The van der Waals surface area contributed by atoms with E-state index in [4.69, 9.17) is 14.2 Å². The summed E-state index contributed by atoms with van der Waals surface area (Å²) >= 11 is 0. The molecular weight excluding hydrogens is 424 g/mol. The highest BCUT2D eigenvalue weighted by atomic mass is 16.5. The number of nitrogens with one attached hydrogen (secondary N) is 1. The Morgan fingerprint density at radius 1 is 0.912 bits per heavy atom. The van der Waals surface area contributed by atoms with Gasteiger partial charge in [0.05, 0.1) is 33.1 Å². The summed E-state index contributed by atoms with van der Waals surface area (Å²) in [5.41, 5.74) is 7.03. The van der Waals surface area contributed by atoms with Gasteiger partial charge < -0.3 is 19.5 Å². The number of allylic oxidation sites excluding steroid dienone is 2. The van der Waals surface area contributed by atoms with Gasteiger partial charge in [0.1, 0.15) is 0 Å². The van der Waals surface area contributed by atoms with Crippen molar-refractivity contribution in [2.75, 3.05) is 26.6 Å². The highest BCUT2D eigenvalue weighted by Crippen LogP contribution is 2.50. The Balaban J connectivity index is 1.37. The number of aliphatic imine (C=N–C) groups is 1. The standard InChI is InChI=1S/C29H30N2O3/c1-18-8-13-25-24(14-18)22-6-5-7-23(22)28(31-25)20-9-11-21(12-10-20)30-17-19-15-26(32-2)29(34-4)27(16-19)33-3/h5-6,8-17,22-23,28,31H,7H2,1-4H3/t22-,23+,28+/m1/s1. The topological polar surface area (TPSA) is 52.1 Å². The van der Waals surface area contributed by atoms with Gasteiger partial charge in [0, 0.05) is 23.4 Å². The Bertz CT molecular complexity index is 1220. The molecule has 1 aliphatic carbocycles. The quantitative estimate of drug-likeness (QED) is 0.337. The third kappa shape index (κ3) is 4.03. The van der Waals surface area contributed by atoms with Crippen molar-refractivity contribution in [2.45, 2.75) is 25.3 Å². The molecule has 0 unspecified atom stereocenters. The molecule has 5 nitrogen and oxygen atoms in total. The maximum Gasteiger partial charge on any atom is 0.203 e. The fraction of sp³-hybridized carbons (Fsp3) is 0.276. The first-order chi connectivity index (χ1) is 16.6. The van der Waals surface area contributed by atoms with Gasteiger partial charge in [-0.05, 0) is 60.7 Å². The van der Waals surface area contributed by atoms with E-state index in [0.29, 0.717) is 29.1 Å². The fourth-order valence-electron chi connectivity index (χ4n) is 5.14. The first-order valence-corrected chi connectivity index (χ1v) is 11.6. The molecule has 0 aromatic heterocycles. The lowest BCUT2D eigenvalue weighted by Crippen LogP contribution is -2.29. The Morgan fingerprint density at radius 3 is 2.32 bits per heavy atom. The van der Waals surface area contributed by atoms with Gasteiger partial charge in [0.25, 0.3) is 0 Å². The normalized spacial score (nSPS) is 20.5. The van der Waals surface area contributed by atoms with Crippen LogP contribution >= 0.6 is 0 Å². The molecule has 34 heavy (non-hydrogen) atoms. The van der Waals surface area contributed by atoms with E-state index in [0.717, 1.165) is 17.7 Å². The van der Waals surface area contributed by atoms with E-state index in [1.165, 1.54) is 22.4 Å². The largest absolute Gasteiger partial charge is 0.493 e. The van der Waals surface area contributed by atoms with Crippen LogP contribution in [-0.4, -0.2) is 27.5 Å². The minimum Gasteiger partial charge on any atom is -0.493 e. The van der Waals surface area contributed by atoms with Crippen LogP contribution in [0.2, 0.25) is 0 Å². The van der Waals surface area contributed by atoms with Crippen LogP contribution in [0.15, 0.2) is 71.7 Å². The molecule has 0 spiro atoms. The summed E-state index contributed by atoms with van der Waals surface area (Å²) < 4.78 is 16.3. The fourth-order valence-corrected chi connectivity index (χ4v) is 5.14. The van der Waals surface area contributed by atoms with E-state index in [1.54, 1.807) is 21.3 Å². The van der Waals surface area contributed by atoms with Crippen LogP contribution in [0, 0.1) is 12.8 Å². The number of benzene rings is 3. The number of fused-ring (bicyclic) bond motifs is 3. The minimum atomic E-state index is 0.281. The number of nitrogens with zero attached hydrogens (tertiary/aromatic N) is 1. The molecule has 2 aliphatic rings. The number of anilines is 1. The zero-order valence-corrected chi connectivity index (χ0v) is 20.0. The smallest absolute Gasteiger partial charge is 0.203 e. The molecule has 3 aromatic rings. The van der Waals surface area contributed by atoms with Gasteiger partial charge in [-0.2, -0.15) is 0 Å². The van der Waals surface area contributed by atoms with Crippen molar-refractivity contribution in [3.63, 3.8) is 0 Å². The predicted octanol–water partition coefficient (Wildman–Crippen LogP) is 6.60. The zero-order valence-electron chi connectivity index (χ0n) is 20.0. The molecule has 0 saturated carbocycles. The highest BCUT2D eigenvalue weighted by molar-refractivity contribution is 5.84. The van der Waals surface area contributed by atoms with Crippen LogP contribution in [0.1, 0.15) is 40.6 Å². The second-order valence-corrected chi connectivity index (χ2v) is 8.87. The number of ether oxygens (including phenoxy) is 3. The molecule has 1 N–H and O–H groups in total. The number of hydrogen-bond acceptors (Lipinski definition) is 5. The maximum absolute atomic E-state index is 5.44. The molecule has 3 aromatic carbocycles. The molecule has 0 saturated heterocycles. The maximum atomic E-state index is 5.44. The number of rotatable bonds is 6. The lowest BCUT2D eigenvalue weighted by Gasteiger charge is -2.37. The molecule has 1 heterocycles. The molecule has 174 valence electrons. The number of methoxy groups -OCH3 is 3. The van der Waals surface area contributed by atoms with Crippen molar-refractivity contribution < 1.29 is 14.2 Å². The van der Waals surface area contributed by atoms with Gasteiger partial charge in [-0.3, -0.25) is 4.99 Å². The molecule has 3 atom stereocenters. The molecule has 1 aliphatic heterocycles. The molecule has 0 bridgehead atoms. The van der Waals surface area contributed by atoms with Crippen molar-refractivity contribution >= 4 is 17.6 Å². The minimum absolute atomic E-state index is 0.281. The number of aryl methyl sites for hydroxylation is 1. The summed E-state index contributed by atoms with van der Waals surface area (Å²) in [6.07, 6.45) is 7.62. The molecule has 5 heteroatoms. The molecular formula is C29H30N2O3. The van der Waals surface area contributed by atoms with Crippen LogP contribution in [0.5, 0.6) is 17.2 Å². The van der Waals surface area contributed by atoms with E-state index < -0.39 is 0 Å². The van der Waals surface area contributed by atoms with Crippen LogP contribution in [0.3, 0.4) is 0 Å². The van der Waals surface area contributed by atoms with E-state index in [1.807, 2.05) is 18.3 Å². The average molecular weight is 455 g/mol. The van der Waals surface area contributed by atoms with Gasteiger partial charge >= 0.3 is 0 Å². The van der Waals surface area contributed by atoms with Crippen molar-refractivity contribution in [3.8, 4) is 17.2 Å². The third-order valence-corrected chi connectivity index (χ3v) is 6.82. The van der Waals surface area contributed by atoms with Crippen LogP contribution in [-0.2, 0) is 0 Å². The molecule has 0 amide bonds.